The molecular weight excluding hydrogens is 132 g/mol. The van der Waals surface area contributed by atoms with Gasteiger partial charge in [-0.3, -0.25) is 0 Å². The Labute approximate surface area is 70.4 Å². The summed E-state index contributed by atoms with van der Waals surface area (Å²) in [5.41, 5.74) is 0. The van der Waals surface area contributed by atoms with Crippen molar-refractivity contribution in [1.82, 2.24) is 0 Å². The molecule has 0 fully saturated rings. The van der Waals surface area contributed by atoms with E-state index in [0.717, 1.165) is 25.7 Å². The van der Waals surface area contributed by atoms with Crippen molar-refractivity contribution in [2.75, 3.05) is 0 Å². The first-order chi connectivity index (χ1) is 5.27. The number of unbranched alkanes of at least 4 members (excludes halogenated alkanes) is 2. The number of rotatable bonds is 3. The Morgan fingerprint density at radius 2 is 1.91 bits per heavy atom. The Morgan fingerprint density at radius 1 is 1.18 bits per heavy atom. The van der Waals surface area contributed by atoms with E-state index in [9.17, 15) is 0 Å². The fourth-order valence-corrected chi connectivity index (χ4v) is 0.644. The zero-order valence-electron chi connectivity index (χ0n) is 7.48. The van der Waals surface area contributed by atoms with Gasteiger partial charge in [0.2, 0.25) is 0 Å². The van der Waals surface area contributed by atoms with Gasteiger partial charge in [0.15, 0.2) is 0 Å². The molecule has 0 atom stereocenters. The Bertz CT molecular complexity index is 170. The molecule has 0 aliphatic rings. The van der Waals surface area contributed by atoms with Crippen LogP contribution in [0.15, 0.2) is 0 Å². The van der Waals surface area contributed by atoms with Crippen LogP contribution < -0.4 is 0 Å². The fourth-order valence-electron chi connectivity index (χ4n) is 0.644. The van der Waals surface area contributed by atoms with E-state index in [0.29, 0.717) is 5.92 Å². The summed E-state index contributed by atoms with van der Waals surface area (Å²) in [7, 11) is 0. The molecule has 0 unspecified atom stereocenters. The topological polar surface area (TPSA) is 0 Å². The third-order valence-corrected chi connectivity index (χ3v) is 1.26. The van der Waals surface area contributed by atoms with Crippen LogP contribution in [0.25, 0.3) is 0 Å². The van der Waals surface area contributed by atoms with E-state index in [-0.39, 0.29) is 0 Å². The molecule has 0 amide bonds. The van der Waals surface area contributed by atoms with Gasteiger partial charge >= 0.3 is 0 Å². The highest BCUT2D eigenvalue weighted by Gasteiger charge is 1.85. The number of terminal acetylenes is 1. The lowest BCUT2D eigenvalue weighted by Crippen LogP contribution is -1.81. The third kappa shape index (κ3) is 9.12. The van der Waals surface area contributed by atoms with E-state index in [4.69, 9.17) is 6.42 Å². The predicted molar refractivity (Wildman–Crippen MR) is 49.9 cm³/mol. The first-order valence-electron chi connectivity index (χ1n) is 4.16. The van der Waals surface area contributed by atoms with Crippen molar-refractivity contribution in [1.29, 1.82) is 0 Å². The standard InChI is InChI=1S/C11H16/c1-4-5-6-7-8-9-10-11(2)3/h1,11H,5-7,10H2,2-3H3. The summed E-state index contributed by atoms with van der Waals surface area (Å²) in [6.45, 7) is 4.35. The molecule has 0 aromatic carbocycles. The van der Waals surface area contributed by atoms with Crippen LogP contribution in [0.2, 0.25) is 0 Å². The van der Waals surface area contributed by atoms with Crippen LogP contribution in [0.5, 0.6) is 0 Å². The maximum atomic E-state index is 5.09. The largest absolute Gasteiger partial charge is 0.120 e. The molecule has 0 spiro atoms. The molecule has 0 saturated heterocycles. The fraction of sp³-hybridized carbons (Fsp3) is 0.636. The van der Waals surface area contributed by atoms with Crippen LogP contribution in [0, 0.1) is 30.1 Å². The Morgan fingerprint density at radius 3 is 2.45 bits per heavy atom. The molecule has 0 N–H and O–H groups in total. The highest BCUT2D eigenvalue weighted by Crippen LogP contribution is 1.97. The van der Waals surface area contributed by atoms with E-state index in [1.165, 1.54) is 0 Å². The lowest BCUT2D eigenvalue weighted by atomic mass is 10.1. The molecule has 0 heteroatoms. The van der Waals surface area contributed by atoms with Gasteiger partial charge in [-0.05, 0) is 12.3 Å². The molecule has 0 aliphatic carbocycles. The third-order valence-electron chi connectivity index (χ3n) is 1.26. The van der Waals surface area contributed by atoms with Crippen molar-refractivity contribution < 1.29 is 0 Å². The van der Waals surface area contributed by atoms with Gasteiger partial charge in [0.05, 0.1) is 0 Å². The number of hydrogen-bond donors (Lipinski definition) is 0. The molecule has 0 saturated carbocycles. The van der Waals surface area contributed by atoms with Gasteiger partial charge in [-0.2, -0.15) is 0 Å². The van der Waals surface area contributed by atoms with Crippen LogP contribution in [-0.4, -0.2) is 0 Å². The van der Waals surface area contributed by atoms with Gasteiger partial charge in [0.25, 0.3) is 0 Å². The van der Waals surface area contributed by atoms with Crippen molar-refractivity contribution in [2.24, 2.45) is 5.92 Å². The van der Waals surface area contributed by atoms with Gasteiger partial charge in [-0.1, -0.05) is 13.8 Å². The van der Waals surface area contributed by atoms with E-state index >= 15 is 0 Å². The van der Waals surface area contributed by atoms with Gasteiger partial charge in [0, 0.05) is 19.3 Å². The summed E-state index contributed by atoms with van der Waals surface area (Å²) in [4.78, 5) is 0. The van der Waals surface area contributed by atoms with E-state index in [1.807, 2.05) is 0 Å². The lowest BCUT2D eigenvalue weighted by Gasteiger charge is -1.92. The van der Waals surface area contributed by atoms with Crippen LogP contribution in [0.3, 0.4) is 0 Å². The monoisotopic (exact) mass is 148 g/mol. The van der Waals surface area contributed by atoms with Crippen LogP contribution in [0.4, 0.5) is 0 Å². The zero-order chi connectivity index (χ0) is 8.53. The summed E-state index contributed by atoms with van der Waals surface area (Å²) in [5, 5.41) is 0. The molecule has 0 aromatic heterocycles. The molecular formula is C11H16. The van der Waals surface area contributed by atoms with Crippen molar-refractivity contribution >= 4 is 0 Å². The van der Waals surface area contributed by atoms with Gasteiger partial charge in [-0.25, -0.2) is 0 Å². The second kappa shape index (κ2) is 7.23. The first kappa shape index (κ1) is 10.1. The normalized spacial score (nSPS) is 8.55. The quantitative estimate of drug-likeness (QED) is 0.426. The SMILES string of the molecule is C#CCCCC#CCC(C)C. The number of hydrogen-bond acceptors (Lipinski definition) is 0. The molecule has 60 valence electrons. The van der Waals surface area contributed by atoms with Crippen LogP contribution >= 0.6 is 0 Å². The summed E-state index contributed by atoms with van der Waals surface area (Å²) < 4.78 is 0. The molecule has 0 aromatic rings. The minimum Gasteiger partial charge on any atom is -0.120 e. The average molecular weight is 148 g/mol. The maximum Gasteiger partial charge on any atom is 0.0112 e. The Hall–Kier alpha value is -0.880. The van der Waals surface area contributed by atoms with E-state index < -0.39 is 0 Å². The van der Waals surface area contributed by atoms with Gasteiger partial charge in [-0.15, -0.1) is 24.2 Å². The van der Waals surface area contributed by atoms with E-state index in [1.54, 1.807) is 0 Å². The zero-order valence-corrected chi connectivity index (χ0v) is 7.48. The van der Waals surface area contributed by atoms with Crippen molar-refractivity contribution in [2.45, 2.75) is 39.5 Å². The molecule has 11 heavy (non-hydrogen) atoms. The van der Waals surface area contributed by atoms with E-state index in [2.05, 4.69) is 31.6 Å². The molecule has 0 heterocycles. The van der Waals surface area contributed by atoms with Gasteiger partial charge in [0.1, 0.15) is 0 Å². The van der Waals surface area contributed by atoms with Crippen LogP contribution in [-0.2, 0) is 0 Å². The summed E-state index contributed by atoms with van der Waals surface area (Å²) in [5.74, 6) is 9.52. The first-order valence-corrected chi connectivity index (χ1v) is 4.16. The second-order valence-corrected chi connectivity index (χ2v) is 3.01. The molecule has 0 bridgehead atoms. The Kier molecular flexibility index (Phi) is 6.65. The Balaban J connectivity index is 3.21. The maximum absolute atomic E-state index is 5.09. The minimum atomic E-state index is 0.690. The molecule has 0 rings (SSSR count). The highest BCUT2D eigenvalue weighted by atomic mass is 13.9. The summed E-state index contributed by atoms with van der Waals surface area (Å²) in [6.07, 6.45) is 8.96. The molecule has 0 radical (unpaired) electrons. The molecule has 0 nitrogen and oxygen atoms in total. The minimum absolute atomic E-state index is 0.690. The van der Waals surface area contributed by atoms with Crippen molar-refractivity contribution in [3.8, 4) is 24.2 Å². The van der Waals surface area contributed by atoms with Crippen molar-refractivity contribution in [3.05, 3.63) is 0 Å². The summed E-state index contributed by atoms with van der Waals surface area (Å²) >= 11 is 0. The smallest absolute Gasteiger partial charge is 0.0112 e. The highest BCUT2D eigenvalue weighted by molar-refractivity contribution is 4.99. The molecule has 0 aliphatic heterocycles. The van der Waals surface area contributed by atoms with Gasteiger partial charge < -0.3 is 0 Å². The van der Waals surface area contributed by atoms with Crippen molar-refractivity contribution in [3.63, 3.8) is 0 Å². The summed E-state index contributed by atoms with van der Waals surface area (Å²) in [6, 6.07) is 0. The second-order valence-electron chi connectivity index (χ2n) is 3.01. The predicted octanol–water partition coefficient (Wildman–Crippen LogP) is 2.84. The van der Waals surface area contributed by atoms with Crippen LogP contribution in [0.1, 0.15) is 39.5 Å². The average Bonchev–Trinajstić information content (AvgIpc) is 1.96. The lowest BCUT2D eigenvalue weighted by molar-refractivity contribution is 0.675.